The maximum Gasteiger partial charge on any atom is 0.266 e. The standard InChI is InChI=1S/C27H34N6O/c28-21-25(22-30-13-16-31-14-11-29-12-15-31)27(34)33-19-17-32(18-20-33)26(23-7-3-1-4-8-23)24-9-5-2-6-10-24/h1-10,22,26,29-30H,11-20H2/b25-22-. The normalized spacial score (nSPS) is 18.0. The van der Waals surface area contributed by atoms with Crippen LogP contribution in [0.1, 0.15) is 17.2 Å². The fraction of sp³-hybridized carbons (Fsp3) is 0.407. The second-order valence-corrected chi connectivity index (χ2v) is 8.77. The molecular weight excluding hydrogens is 424 g/mol. The minimum Gasteiger partial charge on any atom is -0.388 e. The molecule has 2 saturated heterocycles. The molecule has 2 N–H and O–H groups in total. The van der Waals surface area contributed by atoms with Gasteiger partial charge in [0.25, 0.3) is 5.91 Å². The first-order valence-electron chi connectivity index (χ1n) is 12.2. The first kappa shape index (κ1) is 24.0. The quantitative estimate of drug-likeness (QED) is 0.357. The Morgan fingerprint density at radius 3 is 2.09 bits per heavy atom. The second kappa shape index (κ2) is 12.3. The van der Waals surface area contributed by atoms with Gasteiger partial charge in [-0.25, -0.2) is 0 Å². The number of hydrogen-bond acceptors (Lipinski definition) is 6. The Labute approximate surface area is 202 Å². The van der Waals surface area contributed by atoms with Crippen molar-refractivity contribution >= 4 is 5.91 Å². The number of hydrogen-bond donors (Lipinski definition) is 2. The average molecular weight is 459 g/mol. The Hall–Kier alpha value is -3.18. The Balaban J connectivity index is 1.34. The van der Waals surface area contributed by atoms with Gasteiger partial charge >= 0.3 is 0 Å². The Morgan fingerprint density at radius 2 is 1.53 bits per heavy atom. The van der Waals surface area contributed by atoms with Crippen LogP contribution in [0.3, 0.4) is 0 Å². The van der Waals surface area contributed by atoms with E-state index in [9.17, 15) is 10.1 Å². The molecule has 2 aromatic rings. The van der Waals surface area contributed by atoms with Crippen molar-refractivity contribution in [1.29, 1.82) is 5.26 Å². The van der Waals surface area contributed by atoms with E-state index in [1.54, 1.807) is 11.1 Å². The second-order valence-electron chi connectivity index (χ2n) is 8.77. The number of carbonyl (C=O) groups is 1. The van der Waals surface area contributed by atoms with Crippen molar-refractivity contribution in [2.45, 2.75) is 6.04 Å². The topological polar surface area (TPSA) is 74.6 Å². The molecule has 178 valence electrons. The van der Waals surface area contributed by atoms with Crippen LogP contribution in [0.15, 0.2) is 72.4 Å². The lowest BCUT2D eigenvalue weighted by Gasteiger charge is -2.39. The molecule has 0 aromatic heterocycles. The van der Waals surface area contributed by atoms with E-state index in [-0.39, 0.29) is 17.5 Å². The van der Waals surface area contributed by atoms with Gasteiger partial charge in [0, 0.05) is 71.6 Å². The Morgan fingerprint density at radius 1 is 0.941 bits per heavy atom. The summed E-state index contributed by atoms with van der Waals surface area (Å²) in [4.78, 5) is 19.6. The van der Waals surface area contributed by atoms with E-state index in [2.05, 4.69) is 75.0 Å². The van der Waals surface area contributed by atoms with Gasteiger partial charge in [-0.1, -0.05) is 60.7 Å². The SMILES string of the molecule is N#C/C(=C/NCCN1CCNCC1)C(=O)N1CCN(C(c2ccccc2)c2ccccc2)CC1. The summed E-state index contributed by atoms with van der Waals surface area (Å²) in [7, 11) is 0. The molecule has 4 rings (SSSR count). The summed E-state index contributed by atoms with van der Waals surface area (Å²) in [5, 5.41) is 16.1. The summed E-state index contributed by atoms with van der Waals surface area (Å²) in [5.74, 6) is -0.187. The Bertz CT molecular complexity index is 934. The first-order valence-corrected chi connectivity index (χ1v) is 12.2. The van der Waals surface area contributed by atoms with E-state index in [0.29, 0.717) is 13.1 Å². The van der Waals surface area contributed by atoms with Crippen molar-refractivity contribution in [3.63, 3.8) is 0 Å². The fourth-order valence-electron chi connectivity index (χ4n) is 4.71. The third-order valence-electron chi connectivity index (χ3n) is 6.58. The molecule has 7 heteroatoms. The molecular formula is C27H34N6O. The molecule has 0 saturated carbocycles. The number of nitriles is 1. The first-order chi connectivity index (χ1) is 16.8. The van der Waals surface area contributed by atoms with Crippen LogP contribution < -0.4 is 10.6 Å². The molecule has 0 spiro atoms. The molecule has 34 heavy (non-hydrogen) atoms. The highest BCUT2D eigenvalue weighted by atomic mass is 16.2. The number of nitrogens with one attached hydrogen (secondary N) is 2. The molecule has 0 aliphatic carbocycles. The van der Waals surface area contributed by atoms with Crippen LogP contribution in [0.4, 0.5) is 0 Å². The number of piperazine rings is 2. The van der Waals surface area contributed by atoms with E-state index in [4.69, 9.17) is 0 Å². The maximum absolute atomic E-state index is 13.0. The molecule has 0 radical (unpaired) electrons. The van der Waals surface area contributed by atoms with Crippen LogP contribution in [-0.4, -0.2) is 86.1 Å². The van der Waals surface area contributed by atoms with Gasteiger partial charge in [-0.05, 0) is 11.1 Å². The van der Waals surface area contributed by atoms with E-state index in [1.807, 2.05) is 12.1 Å². The number of amides is 1. The zero-order valence-electron chi connectivity index (χ0n) is 19.7. The van der Waals surface area contributed by atoms with Crippen LogP contribution in [0.5, 0.6) is 0 Å². The van der Waals surface area contributed by atoms with Gasteiger partial charge in [-0.3, -0.25) is 14.6 Å². The zero-order chi connectivity index (χ0) is 23.6. The van der Waals surface area contributed by atoms with Crippen molar-refractivity contribution in [3.8, 4) is 6.07 Å². The summed E-state index contributed by atoms with van der Waals surface area (Å²) in [5.41, 5.74) is 2.68. The molecule has 2 fully saturated rings. The van der Waals surface area contributed by atoms with Gasteiger partial charge in [0.05, 0.1) is 6.04 Å². The summed E-state index contributed by atoms with van der Waals surface area (Å²) in [6, 6.07) is 23.3. The molecule has 2 heterocycles. The van der Waals surface area contributed by atoms with Crippen LogP contribution >= 0.6 is 0 Å². The van der Waals surface area contributed by atoms with Crippen LogP contribution in [0, 0.1) is 11.3 Å². The average Bonchev–Trinajstić information content (AvgIpc) is 2.91. The van der Waals surface area contributed by atoms with Gasteiger partial charge in [-0.2, -0.15) is 5.26 Å². The molecule has 2 aliphatic heterocycles. The molecule has 0 atom stereocenters. The van der Waals surface area contributed by atoms with Crippen molar-refractivity contribution in [3.05, 3.63) is 83.6 Å². The maximum atomic E-state index is 13.0. The van der Waals surface area contributed by atoms with Gasteiger partial charge < -0.3 is 15.5 Å². The molecule has 0 unspecified atom stereocenters. The Kier molecular flexibility index (Phi) is 8.69. The minimum absolute atomic E-state index is 0.150. The van der Waals surface area contributed by atoms with Crippen molar-refractivity contribution in [2.75, 3.05) is 65.4 Å². The third kappa shape index (κ3) is 6.23. The monoisotopic (exact) mass is 458 g/mol. The number of rotatable bonds is 8. The molecule has 0 bridgehead atoms. The zero-order valence-corrected chi connectivity index (χ0v) is 19.7. The van der Waals surface area contributed by atoms with Crippen molar-refractivity contribution in [1.82, 2.24) is 25.3 Å². The lowest BCUT2D eigenvalue weighted by molar-refractivity contribution is -0.128. The van der Waals surface area contributed by atoms with Gasteiger partial charge in [-0.15, -0.1) is 0 Å². The summed E-state index contributed by atoms with van der Waals surface area (Å²) in [6.07, 6.45) is 1.59. The number of carbonyl (C=O) groups excluding carboxylic acids is 1. The fourth-order valence-corrected chi connectivity index (χ4v) is 4.71. The highest BCUT2D eigenvalue weighted by Gasteiger charge is 2.29. The number of nitrogens with zero attached hydrogens (tertiary/aromatic N) is 4. The molecule has 2 aliphatic rings. The predicted molar refractivity (Wildman–Crippen MR) is 134 cm³/mol. The number of benzene rings is 2. The largest absolute Gasteiger partial charge is 0.388 e. The summed E-state index contributed by atoms with van der Waals surface area (Å²) >= 11 is 0. The van der Waals surface area contributed by atoms with Crippen molar-refractivity contribution < 1.29 is 4.79 Å². The molecule has 7 nitrogen and oxygen atoms in total. The lowest BCUT2D eigenvalue weighted by Crippen LogP contribution is -2.50. The molecule has 1 amide bonds. The third-order valence-corrected chi connectivity index (χ3v) is 6.58. The highest BCUT2D eigenvalue weighted by Crippen LogP contribution is 2.29. The van der Waals surface area contributed by atoms with Gasteiger partial charge in [0.1, 0.15) is 11.6 Å². The van der Waals surface area contributed by atoms with E-state index < -0.39 is 0 Å². The van der Waals surface area contributed by atoms with E-state index >= 15 is 0 Å². The lowest BCUT2D eigenvalue weighted by atomic mass is 9.96. The highest BCUT2D eigenvalue weighted by molar-refractivity contribution is 5.97. The van der Waals surface area contributed by atoms with Gasteiger partial charge in [0.15, 0.2) is 0 Å². The minimum atomic E-state index is -0.187. The summed E-state index contributed by atoms with van der Waals surface area (Å²) in [6.45, 7) is 8.46. The van der Waals surface area contributed by atoms with Gasteiger partial charge in [0.2, 0.25) is 0 Å². The predicted octanol–water partition coefficient (Wildman–Crippen LogP) is 1.82. The smallest absolute Gasteiger partial charge is 0.266 e. The van der Waals surface area contributed by atoms with Crippen molar-refractivity contribution in [2.24, 2.45) is 0 Å². The van der Waals surface area contributed by atoms with E-state index in [0.717, 1.165) is 52.4 Å². The van der Waals surface area contributed by atoms with Crippen LogP contribution in [0.2, 0.25) is 0 Å². The molecule has 2 aromatic carbocycles. The van der Waals surface area contributed by atoms with Crippen LogP contribution in [0.25, 0.3) is 0 Å². The van der Waals surface area contributed by atoms with E-state index in [1.165, 1.54) is 11.1 Å². The van der Waals surface area contributed by atoms with Crippen LogP contribution in [-0.2, 0) is 4.79 Å². The summed E-state index contributed by atoms with van der Waals surface area (Å²) < 4.78 is 0.